The Kier molecular flexibility index (Phi) is 6.63. The minimum absolute atomic E-state index is 0.371. The van der Waals surface area contributed by atoms with Crippen molar-refractivity contribution in [1.82, 2.24) is 4.90 Å². The van der Waals surface area contributed by atoms with Crippen molar-refractivity contribution >= 4 is 11.6 Å². The number of hydrogen-bond donors (Lipinski definition) is 2. The molecular formula is C19H26N4O. The highest BCUT2D eigenvalue weighted by Crippen LogP contribution is 2.22. The lowest BCUT2D eigenvalue weighted by molar-refractivity contribution is 0.345. The molecule has 2 rings (SSSR count). The van der Waals surface area contributed by atoms with Crippen LogP contribution in [0.25, 0.3) is 0 Å². The molecular weight excluding hydrogens is 300 g/mol. The fourth-order valence-electron chi connectivity index (χ4n) is 2.35. The second-order valence-electron chi connectivity index (χ2n) is 5.68. The Balaban J connectivity index is 2.00. The van der Waals surface area contributed by atoms with Gasteiger partial charge in [-0.05, 0) is 36.9 Å². The van der Waals surface area contributed by atoms with Crippen molar-refractivity contribution in [2.75, 3.05) is 26.0 Å². The third-order valence-electron chi connectivity index (χ3n) is 3.79. The summed E-state index contributed by atoms with van der Waals surface area (Å²) in [5.74, 6) is 1.11. The molecule has 0 fully saturated rings. The van der Waals surface area contributed by atoms with Gasteiger partial charge in [0.25, 0.3) is 0 Å². The summed E-state index contributed by atoms with van der Waals surface area (Å²) in [7, 11) is 3.74. The van der Waals surface area contributed by atoms with Crippen LogP contribution in [0.1, 0.15) is 18.1 Å². The third-order valence-corrected chi connectivity index (χ3v) is 3.79. The largest absolute Gasteiger partial charge is 0.495 e. The van der Waals surface area contributed by atoms with Crippen molar-refractivity contribution in [3.8, 4) is 5.75 Å². The third kappa shape index (κ3) is 5.28. The van der Waals surface area contributed by atoms with Crippen LogP contribution >= 0.6 is 0 Å². The quantitative estimate of drug-likeness (QED) is 0.606. The van der Waals surface area contributed by atoms with Gasteiger partial charge in [0.2, 0.25) is 0 Å². The monoisotopic (exact) mass is 326 g/mol. The summed E-state index contributed by atoms with van der Waals surface area (Å²) >= 11 is 0. The maximum atomic E-state index is 5.99. The van der Waals surface area contributed by atoms with Crippen molar-refractivity contribution in [1.29, 1.82) is 0 Å². The fraction of sp³-hybridized carbons (Fsp3) is 0.316. The summed E-state index contributed by atoms with van der Waals surface area (Å²) in [6.45, 7) is 4.65. The number of aliphatic imine (C=N–C) groups is 1. The summed E-state index contributed by atoms with van der Waals surface area (Å²) < 4.78 is 5.29. The van der Waals surface area contributed by atoms with Crippen LogP contribution in [-0.2, 0) is 13.1 Å². The van der Waals surface area contributed by atoms with Crippen LogP contribution < -0.4 is 15.8 Å². The molecule has 0 heterocycles. The van der Waals surface area contributed by atoms with Crippen molar-refractivity contribution < 1.29 is 4.74 Å². The van der Waals surface area contributed by atoms with E-state index in [4.69, 9.17) is 10.5 Å². The van der Waals surface area contributed by atoms with Crippen molar-refractivity contribution in [3.63, 3.8) is 0 Å². The first kappa shape index (κ1) is 17.8. The molecule has 0 amide bonds. The number of nitrogens with two attached hydrogens (primary N) is 1. The van der Waals surface area contributed by atoms with E-state index in [9.17, 15) is 0 Å². The molecule has 2 aromatic carbocycles. The summed E-state index contributed by atoms with van der Waals surface area (Å²) in [5.41, 5.74) is 9.22. The molecule has 0 saturated heterocycles. The Hall–Kier alpha value is -2.53. The lowest BCUT2D eigenvalue weighted by Gasteiger charge is -2.14. The highest BCUT2D eigenvalue weighted by molar-refractivity contribution is 5.93. The van der Waals surface area contributed by atoms with Gasteiger partial charge in [0, 0.05) is 6.54 Å². The van der Waals surface area contributed by atoms with Gasteiger partial charge in [-0.25, -0.2) is 4.99 Å². The average molecular weight is 326 g/mol. The van der Waals surface area contributed by atoms with Gasteiger partial charge in [0.1, 0.15) is 5.75 Å². The molecule has 0 saturated carbocycles. The van der Waals surface area contributed by atoms with Crippen LogP contribution in [0.5, 0.6) is 5.75 Å². The lowest BCUT2D eigenvalue weighted by Crippen LogP contribution is -2.23. The van der Waals surface area contributed by atoms with Crippen LogP contribution in [0.4, 0.5) is 5.69 Å². The van der Waals surface area contributed by atoms with E-state index in [2.05, 4.69) is 53.4 Å². The van der Waals surface area contributed by atoms with Crippen LogP contribution in [0.15, 0.2) is 53.5 Å². The molecule has 3 N–H and O–H groups in total. The summed E-state index contributed by atoms with van der Waals surface area (Å²) in [6.07, 6.45) is 0. The number of para-hydroxylation sites is 2. The molecule has 24 heavy (non-hydrogen) atoms. The van der Waals surface area contributed by atoms with Crippen molar-refractivity contribution in [3.05, 3.63) is 59.7 Å². The van der Waals surface area contributed by atoms with Crippen molar-refractivity contribution in [2.24, 2.45) is 10.7 Å². The average Bonchev–Trinajstić information content (AvgIpc) is 2.60. The predicted molar refractivity (Wildman–Crippen MR) is 100 cm³/mol. The molecule has 128 valence electrons. The molecule has 2 aromatic rings. The number of nitrogens with one attached hydrogen (secondary N) is 1. The van der Waals surface area contributed by atoms with E-state index in [1.165, 1.54) is 5.56 Å². The molecule has 0 aromatic heterocycles. The Morgan fingerprint density at radius 3 is 2.67 bits per heavy atom. The summed E-state index contributed by atoms with van der Waals surface area (Å²) in [5, 5.41) is 3.08. The first-order valence-electron chi connectivity index (χ1n) is 8.08. The smallest absolute Gasteiger partial charge is 0.193 e. The van der Waals surface area contributed by atoms with E-state index < -0.39 is 0 Å². The second-order valence-corrected chi connectivity index (χ2v) is 5.68. The topological polar surface area (TPSA) is 62.9 Å². The van der Waals surface area contributed by atoms with Gasteiger partial charge >= 0.3 is 0 Å². The van der Waals surface area contributed by atoms with Crippen LogP contribution in [0.3, 0.4) is 0 Å². The standard InChI is InChI=1S/C19H26N4O/c1-4-23(2)14-16-9-7-8-15(12-16)13-21-19(20)22-17-10-5-6-11-18(17)24-3/h5-12H,4,13-14H2,1-3H3,(H3,20,21,22). The van der Waals surface area contributed by atoms with Gasteiger partial charge in [-0.15, -0.1) is 0 Å². The number of hydrogen-bond acceptors (Lipinski definition) is 3. The molecule has 0 atom stereocenters. The Bertz CT molecular complexity index is 685. The maximum absolute atomic E-state index is 5.99. The molecule has 0 radical (unpaired) electrons. The molecule has 0 aliphatic heterocycles. The van der Waals surface area contributed by atoms with Gasteiger partial charge in [-0.1, -0.05) is 43.3 Å². The zero-order chi connectivity index (χ0) is 17.4. The Morgan fingerprint density at radius 2 is 1.92 bits per heavy atom. The Morgan fingerprint density at radius 1 is 1.17 bits per heavy atom. The normalized spacial score (nSPS) is 11.6. The number of guanidine groups is 1. The predicted octanol–water partition coefficient (Wildman–Crippen LogP) is 3.07. The number of ether oxygens (including phenoxy) is 1. The van der Waals surface area contributed by atoms with Crippen molar-refractivity contribution in [2.45, 2.75) is 20.0 Å². The van der Waals surface area contributed by atoms with E-state index in [0.29, 0.717) is 12.5 Å². The van der Waals surface area contributed by atoms with E-state index in [1.54, 1.807) is 7.11 Å². The number of nitrogens with zero attached hydrogens (tertiary/aromatic N) is 2. The van der Waals surface area contributed by atoms with Crippen LogP contribution in [-0.4, -0.2) is 31.6 Å². The minimum Gasteiger partial charge on any atom is -0.495 e. The molecule has 0 aliphatic rings. The highest BCUT2D eigenvalue weighted by Gasteiger charge is 2.03. The number of benzene rings is 2. The number of methoxy groups -OCH3 is 1. The lowest BCUT2D eigenvalue weighted by atomic mass is 10.1. The molecule has 0 unspecified atom stereocenters. The summed E-state index contributed by atoms with van der Waals surface area (Å²) in [6, 6.07) is 16.1. The molecule has 5 heteroatoms. The fourth-order valence-corrected chi connectivity index (χ4v) is 2.35. The van der Waals surface area contributed by atoms with E-state index in [1.807, 2.05) is 24.3 Å². The van der Waals surface area contributed by atoms with Gasteiger partial charge < -0.3 is 20.7 Å². The van der Waals surface area contributed by atoms with E-state index >= 15 is 0 Å². The molecule has 0 aliphatic carbocycles. The first-order valence-corrected chi connectivity index (χ1v) is 8.08. The van der Waals surface area contributed by atoms with E-state index in [0.717, 1.165) is 30.1 Å². The Labute approximate surface area is 144 Å². The van der Waals surface area contributed by atoms with E-state index in [-0.39, 0.29) is 0 Å². The van der Waals surface area contributed by atoms with Crippen LogP contribution in [0.2, 0.25) is 0 Å². The first-order chi connectivity index (χ1) is 11.6. The zero-order valence-electron chi connectivity index (χ0n) is 14.6. The number of rotatable bonds is 7. The SMILES string of the molecule is CCN(C)Cc1cccc(CN=C(N)Nc2ccccc2OC)c1. The second kappa shape index (κ2) is 8.93. The highest BCUT2D eigenvalue weighted by atomic mass is 16.5. The molecule has 5 nitrogen and oxygen atoms in total. The number of anilines is 1. The van der Waals surface area contributed by atoms with Gasteiger partial charge in [0.05, 0.1) is 19.3 Å². The van der Waals surface area contributed by atoms with Crippen LogP contribution in [0, 0.1) is 0 Å². The van der Waals surface area contributed by atoms with Gasteiger partial charge in [-0.3, -0.25) is 0 Å². The van der Waals surface area contributed by atoms with Gasteiger partial charge in [0.15, 0.2) is 5.96 Å². The molecule has 0 spiro atoms. The maximum Gasteiger partial charge on any atom is 0.193 e. The van der Waals surface area contributed by atoms with Gasteiger partial charge in [-0.2, -0.15) is 0 Å². The zero-order valence-corrected chi connectivity index (χ0v) is 14.6. The summed E-state index contributed by atoms with van der Waals surface area (Å²) in [4.78, 5) is 6.68. The molecule has 0 bridgehead atoms. The minimum atomic E-state index is 0.371.